The van der Waals surface area contributed by atoms with Crippen molar-refractivity contribution in [1.82, 2.24) is 0 Å². The maximum atomic E-state index is 3.35. The Morgan fingerprint density at radius 3 is 2.14 bits per heavy atom. The molecule has 0 aliphatic heterocycles. The van der Waals surface area contributed by atoms with Gasteiger partial charge in [-0.2, -0.15) is 0 Å². The van der Waals surface area contributed by atoms with Crippen molar-refractivity contribution in [2.45, 2.75) is 37.0 Å². The van der Waals surface area contributed by atoms with Crippen LogP contribution in [0.15, 0.2) is 42.5 Å². The summed E-state index contributed by atoms with van der Waals surface area (Å²) in [6.45, 7) is 0. The quantitative estimate of drug-likeness (QED) is 0.817. The summed E-state index contributed by atoms with van der Waals surface area (Å²) in [6, 6.07) is 16.0. The van der Waals surface area contributed by atoms with Crippen molar-refractivity contribution in [2.24, 2.45) is 0 Å². The maximum absolute atomic E-state index is 3.35. The Morgan fingerprint density at radius 1 is 0.818 bits per heavy atom. The third-order valence-electron chi connectivity index (χ3n) is 5.21. The van der Waals surface area contributed by atoms with Crippen LogP contribution < -0.4 is 10.6 Å². The summed E-state index contributed by atoms with van der Waals surface area (Å²) < 4.78 is 0. The molecule has 2 aromatic rings. The predicted octanol–water partition coefficient (Wildman–Crippen LogP) is 4.92. The predicted molar refractivity (Wildman–Crippen MR) is 94.1 cm³/mol. The molecule has 2 aromatic carbocycles. The fraction of sp³-hybridized carbons (Fsp3) is 0.400. The lowest BCUT2D eigenvalue weighted by atomic mass is 9.99. The molecule has 2 N–H and O–H groups in total. The van der Waals surface area contributed by atoms with Crippen molar-refractivity contribution in [3.8, 4) is 0 Å². The van der Waals surface area contributed by atoms with E-state index in [1.165, 1.54) is 47.3 Å². The molecule has 2 aliphatic rings. The minimum Gasteiger partial charge on any atom is -0.388 e. The summed E-state index contributed by atoms with van der Waals surface area (Å²) in [5.74, 6) is 2.22. The molecule has 0 amide bonds. The Hall–Kier alpha value is -1.96. The van der Waals surface area contributed by atoms with E-state index in [0.29, 0.717) is 11.8 Å². The van der Waals surface area contributed by atoms with Gasteiger partial charge in [-0.1, -0.05) is 24.3 Å². The van der Waals surface area contributed by atoms with Gasteiger partial charge in [0.05, 0.1) is 0 Å². The molecule has 0 bridgehead atoms. The normalized spacial score (nSPS) is 23.2. The van der Waals surface area contributed by atoms with Crippen LogP contribution in [0.2, 0.25) is 0 Å². The van der Waals surface area contributed by atoms with Crippen LogP contribution in [0.5, 0.6) is 0 Å². The first-order chi connectivity index (χ1) is 10.8. The van der Waals surface area contributed by atoms with Crippen molar-refractivity contribution in [1.29, 1.82) is 0 Å². The Labute approximate surface area is 132 Å². The average Bonchev–Trinajstić information content (AvgIpc) is 3.48. The number of anilines is 2. The molecule has 2 nitrogen and oxygen atoms in total. The highest BCUT2D eigenvalue weighted by atomic mass is 14.8. The van der Waals surface area contributed by atoms with Crippen molar-refractivity contribution >= 4 is 11.4 Å². The topological polar surface area (TPSA) is 24.1 Å². The molecule has 2 fully saturated rings. The van der Waals surface area contributed by atoms with Gasteiger partial charge in [-0.25, -0.2) is 0 Å². The van der Waals surface area contributed by atoms with Crippen molar-refractivity contribution in [3.05, 3.63) is 59.2 Å². The van der Waals surface area contributed by atoms with E-state index in [-0.39, 0.29) is 0 Å². The zero-order chi connectivity index (χ0) is 15.1. The summed E-state index contributed by atoms with van der Waals surface area (Å²) in [6.07, 6.45) is 4.01. The fourth-order valence-corrected chi connectivity index (χ4v) is 3.60. The van der Waals surface area contributed by atoms with Crippen LogP contribution in [0, 0.1) is 0 Å². The van der Waals surface area contributed by atoms with E-state index < -0.39 is 0 Å². The van der Waals surface area contributed by atoms with E-state index in [1.807, 2.05) is 14.1 Å². The molecule has 0 aromatic heterocycles. The lowest BCUT2D eigenvalue weighted by Crippen LogP contribution is -1.96. The second-order valence-electron chi connectivity index (χ2n) is 6.69. The first-order valence-electron chi connectivity index (χ1n) is 8.39. The Morgan fingerprint density at radius 2 is 1.50 bits per heavy atom. The first kappa shape index (κ1) is 13.7. The second-order valence-corrected chi connectivity index (χ2v) is 6.69. The molecular weight excluding hydrogens is 268 g/mol. The standard InChI is InChI=1S/C20H24N2/c1-21-16-8-5-13(6-9-16)17-12-18(17)15-7-10-20(22-2)19(11-15)14-3-4-14/h5-11,14,17-18,21-22H,3-4,12H2,1-2H3. The van der Waals surface area contributed by atoms with Gasteiger partial charge in [0.2, 0.25) is 0 Å². The van der Waals surface area contributed by atoms with Crippen molar-refractivity contribution < 1.29 is 0 Å². The molecular formula is C20H24N2. The van der Waals surface area contributed by atoms with E-state index in [9.17, 15) is 0 Å². The average molecular weight is 292 g/mol. The highest BCUT2D eigenvalue weighted by Gasteiger charge is 2.40. The molecule has 0 spiro atoms. The van der Waals surface area contributed by atoms with E-state index in [4.69, 9.17) is 0 Å². The van der Waals surface area contributed by atoms with Gasteiger partial charge in [0.1, 0.15) is 0 Å². The van der Waals surface area contributed by atoms with E-state index in [0.717, 1.165) is 5.92 Å². The van der Waals surface area contributed by atoms with Crippen LogP contribution in [0.3, 0.4) is 0 Å². The molecule has 2 saturated carbocycles. The summed E-state index contributed by atoms with van der Waals surface area (Å²) in [5.41, 5.74) is 7.06. The summed E-state index contributed by atoms with van der Waals surface area (Å²) in [7, 11) is 4.00. The largest absolute Gasteiger partial charge is 0.388 e. The number of rotatable bonds is 5. The lowest BCUT2D eigenvalue weighted by molar-refractivity contribution is 1.01. The van der Waals surface area contributed by atoms with Gasteiger partial charge in [0.25, 0.3) is 0 Å². The monoisotopic (exact) mass is 292 g/mol. The zero-order valence-corrected chi connectivity index (χ0v) is 13.4. The van der Waals surface area contributed by atoms with E-state index in [1.54, 1.807) is 0 Å². The van der Waals surface area contributed by atoms with Crippen LogP contribution >= 0.6 is 0 Å². The molecule has 2 atom stereocenters. The van der Waals surface area contributed by atoms with Crippen LogP contribution in [-0.4, -0.2) is 14.1 Å². The van der Waals surface area contributed by atoms with Gasteiger partial charge in [-0.3, -0.25) is 0 Å². The molecule has 4 rings (SSSR count). The summed E-state index contributed by atoms with van der Waals surface area (Å²) in [4.78, 5) is 0. The summed E-state index contributed by atoms with van der Waals surface area (Å²) in [5, 5.41) is 6.54. The van der Waals surface area contributed by atoms with Crippen LogP contribution in [-0.2, 0) is 0 Å². The molecule has 2 unspecified atom stereocenters. The number of hydrogen-bond acceptors (Lipinski definition) is 2. The van der Waals surface area contributed by atoms with E-state index >= 15 is 0 Å². The number of hydrogen-bond donors (Lipinski definition) is 2. The van der Waals surface area contributed by atoms with Crippen LogP contribution in [0.25, 0.3) is 0 Å². The molecule has 2 aliphatic carbocycles. The maximum Gasteiger partial charge on any atom is 0.0373 e. The van der Waals surface area contributed by atoms with Gasteiger partial charge < -0.3 is 10.6 Å². The Bertz CT molecular complexity index is 671. The van der Waals surface area contributed by atoms with E-state index in [2.05, 4.69) is 53.1 Å². The Kier molecular flexibility index (Phi) is 3.33. The molecule has 2 heteroatoms. The van der Waals surface area contributed by atoms with Crippen molar-refractivity contribution in [2.75, 3.05) is 24.7 Å². The van der Waals surface area contributed by atoms with Gasteiger partial charge >= 0.3 is 0 Å². The number of benzene rings is 2. The minimum atomic E-state index is 0.707. The molecule has 0 radical (unpaired) electrons. The molecule has 0 saturated heterocycles. The first-order valence-corrected chi connectivity index (χ1v) is 8.39. The van der Waals surface area contributed by atoms with Crippen molar-refractivity contribution in [3.63, 3.8) is 0 Å². The SMILES string of the molecule is CNc1ccc(C2CC2c2ccc(NC)c(C3CC3)c2)cc1. The van der Waals surface area contributed by atoms with Crippen LogP contribution in [0.4, 0.5) is 11.4 Å². The third-order valence-corrected chi connectivity index (χ3v) is 5.21. The summed E-state index contributed by atoms with van der Waals surface area (Å²) >= 11 is 0. The van der Waals surface area contributed by atoms with Gasteiger partial charge in [-0.15, -0.1) is 0 Å². The smallest absolute Gasteiger partial charge is 0.0373 e. The minimum absolute atomic E-state index is 0.707. The van der Waals surface area contributed by atoms with Gasteiger partial charge in [0.15, 0.2) is 0 Å². The fourth-order valence-electron chi connectivity index (χ4n) is 3.60. The zero-order valence-electron chi connectivity index (χ0n) is 13.4. The van der Waals surface area contributed by atoms with Gasteiger partial charge in [-0.05, 0) is 71.9 Å². The van der Waals surface area contributed by atoms with Crippen LogP contribution in [0.1, 0.15) is 53.7 Å². The van der Waals surface area contributed by atoms with Gasteiger partial charge in [0, 0.05) is 25.5 Å². The highest BCUT2D eigenvalue weighted by molar-refractivity contribution is 5.57. The number of nitrogens with one attached hydrogen (secondary N) is 2. The second kappa shape index (κ2) is 5.35. The highest BCUT2D eigenvalue weighted by Crippen LogP contribution is 2.56. The molecule has 0 heterocycles. The molecule has 114 valence electrons. The Balaban J connectivity index is 1.55. The lowest BCUT2D eigenvalue weighted by Gasteiger charge is -2.11. The third kappa shape index (κ3) is 2.47. The molecule has 22 heavy (non-hydrogen) atoms.